The minimum atomic E-state index is -0.822. The van der Waals surface area contributed by atoms with Crippen LogP contribution in [-0.2, 0) is 0 Å². The number of nitrogens with zero attached hydrogens (tertiary/aromatic N) is 1. The SMILES string of the molecule is CN(CCC(N)c1cccc(F)c1F)C1CCCC1. The van der Waals surface area contributed by atoms with Gasteiger partial charge >= 0.3 is 0 Å². The molecule has 19 heavy (non-hydrogen) atoms. The van der Waals surface area contributed by atoms with Gasteiger partial charge in [-0.1, -0.05) is 25.0 Å². The van der Waals surface area contributed by atoms with Crippen molar-refractivity contribution in [3.8, 4) is 0 Å². The van der Waals surface area contributed by atoms with Crippen molar-refractivity contribution in [2.45, 2.75) is 44.2 Å². The molecule has 1 aromatic carbocycles. The molecular formula is C15H22F2N2. The van der Waals surface area contributed by atoms with E-state index in [0.717, 1.165) is 12.6 Å². The van der Waals surface area contributed by atoms with E-state index in [-0.39, 0.29) is 5.56 Å². The number of rotatable bonds is 5. The van der Waals surface area contributed by atoms with Crippen LogP contribution in [0.25, 0.3) is 0 Å². The van der Waals surface area contributed by atoms with Crippen LogP contribution in [0.1, 0.15) is 43.7 Å². The van der Waals surface area contributed by atoms with E-state index in [1.165, 1.54) is 31.7 Å². The second-order valence-corrected chi connectivity index (χ2v) is 5.46. The summed E-state index contributed by atoms with van der Waals surface area (Å²) in [5, 5.41) is 0. The molecule has 4 heteroatoms. The van der Waals surface area contributed by atoms with Crippen LogP contribution in [0.15, 0.2) is 18.2 Å². The summed E-state index contributed by atoms with van der Waals surface area (Å²) in [6, 6.07) is 4.38. The lowest BCUT2D eigenvalue weighted by molar-refractivity contribution is 0.236. The van der Waals surface area contributed by atoms with Crippen LogP contribution >= 0.6 is 0 Å². The van der Waals surface area contributed by atoms with Crippen LogP contribution in [0.2, 0.25) is 0 Å². The summed E-state index contributed by atoms with van der Waals surface area (Å²) in [4.78, 5) is 2.30. The molecule has 1 aromatic rings. The predicted molar refractivity (Wildman–Crippen MR) is 72.8 cm³/mol. The van der Waals surface area contributed by atoms with Gasteiger partial charge in [0, 0.05) is 17.6 Å². The van der Waals surface area contributed by atoms with Crippen molar-refractivity contribution in [2.75, 3.05) is 13.6 Å². The van der Waals surface area contributed by atoms with Gasteiger partial charge < -0.3 is 10.6 Å². The van der Waals surface area contributed by atoms with Crippen molar-refractivity contribution >= 4 is 0 Å². The zero-order valence-corrected chi connectivity index (χ0v) is 11.4. The third-order valence-corrected chi connectivity index (χ3v) is 4.12. The summed E-state index contributed by atoms with van der Waals surface area (Å²) in [6.07, 6.45) is 5.70. The van der Waals surface area contributed by atoms with Gasteiger partial charge in [0.25, 0.3) is 0 Å². The molecule has 2 nitrogen and oxygen atoms in total. The summed E-state index contributed by atoms with van der Waals surface area (Å²) in [6.45, 7) is 0.821. The van der Waals surface area contributed by atoms with Crippen LogP contribution in [0, 0.1) is 11.6 Å². The molecule has 0 saturated heterocycles. The first-order valence-corrected chi connectivity index (χ1v) is 6.99. The monoisotopic (exact) mass is 268 g/mol. The Morgan fingerprint density at radius 3 is 2.68 bits per heavy atom. The molecule has 0 aromatic heterocycles. The van der Waals surface area contributed by atoms with E-state index in [0.29, 0.717) is 12.5 Å². The quantitative estimate of drug-likeness (QED) is 0.888. The Morgan fingerprint density at radius 1 is 1.32 bits per heavy atom. The Labute approximate surface area is 113 Å². The van der Waals surface area contributed by atoms with Gasteiger partial charge in [0.15, 0.2) is 11.6 Å². The highest BCUT2D eigenvalue weighted by molar-refractivity contribution is 5.22. The van der Waals surface area contributed by atoms with E-state index in [1.54, 1.807) is 6.07 Å². The summed E-state index contributed by atoms with van der Waals surface area (Å²) < 4.78 is 26.8. The highest BCUT2D eigenvalue weighted by Gasteiger charge is 2.21. The Bertz CT molecular complexity index is 417. The maximum atomic E-state index is 13.6. The Hall–Kier alpha value is -1.00. The zero-order chi connectivity index (χ0) is 13.8. The molecule has 0 aliphatic heterocycles. The topological polar surface area (TPSA) is 29.3 Å². The normalized spacial score (nSPS) is 18.2. The molecule has 2 N–H and O–H groups in total. The highest BCUT2D eigenvalue weighted by Crippen LogP contribution is 2.24. The molecule has 1 saturated carbocycles. The maximum absolute atomic E-state index is 13.6. The molecule has 0 heterocycles. The fourth-order valence-corrected chi connectivity index (χ4v) is 2.83. The average molecular weight is 268 g/mol. The van der Waals surface area contributed by atoms with Gasteiger partial charge in [0.1, 0.15) is 0 Å². The Kier molecular flexibility index (Phi) is 4.88. The van der Waals surface area contributed by atoms with Gasteiger partial charge in [0.2, 0.25) is 0 Å². The largest absolute Gasteiger partial charge is 0.324 e. The molecule has 106 valence electrons. The lowest BCUT2D eigenvalue weighted by Crippen LogP contribution is -2.32. The highest BCUT2D eigenvalue weighted by atomic mass is 19.2. The predicted octanol–water partition coefficient (Wildman–Crippen LogP) is 3.23. The van der Waals surface area contributed by atoms with Crippen molar-refractivity contribution in [1.82, 2.24) is 4.90 Å². The van der Waals surface area contributed by atoms with E-state index >= 15 is 0 Å². The minimum Gasteiger partial charge on any atom is -0.324 e. The lowest BCUT2D eigenvalue weighted by atomic mass is 10.0. The molecule has 0 radical (unpaired) electrons. The summed E-state index contributed by atoms with van der Waals surface area (Å²) in [5.41, 5.74) is 6.26. The number of nitrogens with two attached hydrogens (primary N) is 1. The summed E-state index contributed by atoms with van der Waals surface area (Å²) in [5.74, 6) is -1.63. The lowest BCUT2D eigenvalue weighted by Gasteiger charge is -2.25. The molecule has 2 rings (SSSR count). The standard InChI is InChI=1S/C15H22F2N2/c1-19(11-5-2-3-6-11)10-9-14(18)12-7-4-8-13(16)15(12)17/h4,7-8,11,14H,2-3,5-6,9-10,18H2,1H3. The minimum absolute atomic E-state index is 0.278. The summed E-state index contributed by atoms with van der Waals surface area (Å²) >= 11 is 0. The molecule has 1 atom stereocenters. The smallest absolute Gasteiger partial charge is 0.163 e. The van der Waals surface area contributed by atoms with E-state index in [2.05, 4.69) is 11.9 Å². The third-order valence-electron chi connectivity index (χ3n) is 4.12. The first-order valence-electron chi connectivity index (χ1n) is 6.99. The molecule has 0 bridgehead atoms. The molecule has 0 amide bonds. The van der Waals surface area contributed by atoms with Crippen molar-refractivity contribution in [3.63, 3.8) is 0 Å². The van der Waals surface area contributed by atoms with E-state index in [4.69, 9.17) is 5.73 Å². The fraction of sp³-hybridized carbons (Fsp3) is 0.600. The fourth-order valence-electron chi connectivity index (χ4n) is 2.83. The Morgan fingerprint density at radius 2 is 2.00 bits per heavy atom. The van der Waals surface area contributed by atoms with E-state index in [9.17, 15) is 8.78 Å². The summed E-state index contributed by atoms with van der Waals surface area (Å²) in [7, 11) is 2.09. The van der Waals surface area contributed by atoms with Crippen molar-refractivity contribution in [2.24, 2.45) is 5.73 Å². The Balaban J connectivity index is 1.90. The molecule has 1 aliphatic rings. The van der Waals surface area contributed by atoms with Crippen LogP contribution in [0.4, 0.5) is 8.78 Å². The second-order valence-electron chi connectivity index (χ2n) is 5.46. The van der Waals surface area contributed by atoms with Gasteiger partial charge in [-0.2, -0.15) is 0 Å². The average Bonchev–Trinajstić information content (AvgIpc) is 2.93. The van der Waals surface area contributed by atoms with Gasteiger partial charge in [-0.05, 0) is 38.9 Å². The second kappa shape index (κ2) is 6.44. The van der Waals surface area contributed by atoms with Gasteiger partial charge in [-0.25, -0.2) is 8.78 Å². The molecule has 0 spiro atoms. The van der Waals surface area contributed by atoms with Gasteiger partial charge in [-0.3, -0.25) is 0 Å². The van der Waals surface area contributed by atoms with Crippen molar-refractivity contribution in [1.29, 1.82) is 0 Å². The van der Waals surface area contributed by atoms with Crippen LogP contribution in [0.5, 0.6) is 0 Å². The van der Waals surface area contributed by atoms with E-state index < -0.39 is 17.7 Å². The first kappa shape index (κ1) is 14.4. The van der Waals surface area contributed by atoms with E-state index in [1.807, 2.05) is 0 Å². The molecular weight excluding hydrogens is 246 g/mol. The molecule has 1 unspecified atom stereocenters. The molecule has 1 aliphatic carbocycles. The van der Waals surface area contributed by atoms with Crippen LogP contribution < -0.4 is 5.73 Å². The zero-order valence-electron chi connectivity index (χ0n) is 11.4. The third kappa shape index (κ3) is 3.51. The van der Waals surface area contributed by atoms with Crippen molar-refractivity contribution in [3.05, 3.63) is 35.4 Å². The number of hydrogen-bond donors (Lipinski definition) is 1. The van der Waals surface area contributed by atoms with Crippen LogP contribution in [-0.4, -0.2) is 24.5 Å². The number of halogens is 2. The molecule has 1 fully saturated rings. The maximum Gasteiger partial charge on any atom is 0.163 e. The number of hydrogen-bond acceptors (Lipinski definition) is 2. The van der Waals surface area contributed by atoms with Crippen molar-refractivity contribution < 1.29 is 8.78 Å². The first-order chi connectivity index (χ1) is 9.09. The van der Waals surface area contributed by atoms with Gasteiger partial charge in [-0.15, -0.1) is 0 Å². The van der Waals surface area contributed by atoms with Gasteiger partial charge in [0.05, 0.1) is 0 Å². The van der Waals surface area contributed by atoms with Crippen LogP contribution in [0.3, 0.4) is 0 Å². The number of benzene rings is 1.